The summed E-state index contributed by atoms with van der Waals surface area (Å²) in [5.41, 5.74) is -0.944. The number of nitrogens with one attached hydrogen (secondary N) is 1. The minimum Gasteiger partial charge on any atom is -0.454 e. The summed E-state index contributed by atoms with van der Waals surface area (Å²) in [5, 5.41) is 2.77. The summed E-state index contributed by atoms with van der Waals surface area (Å²) in [6, 6.07) is -1.05. The molecular formula is C22H35N3O7S. The van der Waals surface area contributed by atoms with E-state index in [9.17, 15) is 27.6 Å². The highest BCUT2D eigenvalue weighted by Crippen LogP contribution is 2.37. The normalized spacial score (nSPS) is 28.9. The maximum atomic E-state index is 12.9. The molecule has 3 fully saturated rings. The molecule has 1 spiro atoms. The van der Waals surface area contributed by atoms with Gasteiger partial charge in [0.15, 0.2) is 16.4 Å². The fourth-order valence-corrected chi connectivity index (χ4v) is 6.74. The molecule has 10 nitrogen and oxygen atoms in total. The van der Waals surface area contributed by atoms with Gasteiger partial charge in [-0.25, -0.2) is 13.2 Å². The van der Waals surface area contributed by atoms with Gasteiger partial charge in [0.05, 0.1) is 11.5 Å². The Kier molecular flexibility index (Phi) is 7.70. The van der Waals surface area contributed by atoms with Gasteiger partial charge in [-0.2, -0.15) is 0 Å². The van der Waals surface area contributed by atoms with Crippen molar-refractivity contribution in [2.24, 2.45) is 11.8 Å². The number of esters is 1. The number of carbonyl (C=O) groups excluding carboxylic acids is 4. The number of hydrogen-bond donors (Lipinski definition) is 1. The van der Waals surface area contributed by atoms with E-state index in [1.807, 2.05) is 13.8 Å². The zero-order valence-electron chi connectivity index (χ0n) is 19.7. The fraction of sp³-hybridized carbons (Fsp3) is 0.818. The van der Waals surface area contributed by atoms with Crippen LogP contribution in [0.5, 0.6) is 0 Å². The Labute approximate surface area is 195 Å². The number of amides is 4. The topological polar surface area (TPSA) is 130 Å². The third-order valence-corrected chi connectivity index (χ3v) is 8.71. The lowest BCUT2D eigenvalue weighted by Crippen LogP contribution is -2.49. The zero-order chi connectivity index (χ0) is 24.4. The lowest BCUT2D eigenvalue weighted by atomic mass is 9.75. The molecule has 1 aliphatic carbocycles. The smallest absolute Gasteiger partial charge is 0.326 e. The van der Waals surface area contributed by atoms with Crippen LogP contribution in [0.2, 0.25) is 0 Å². The molecule has 2 heterocycles. The molecule has 0 aromatic heterocycles. The lowest BCUT2D eigenvalue weighted by molar-refractivity contribution is -0.154. The first kappa shape index (κ1) is 25.5. The molecule has 2 aliphatic heterocycles. The molecule has 0 aromatic carbocycles. The molecule has 1 N–H and O–H groups in total. The number of carbonyl (C=O) groups is 4. The first-order valence-electron chi connectivity index (χ1n) is 11.8. The number of sulfone groups is 1. The predicted octanol–water partition coefficient (Wildman–Crippen LogP) is 1.09. The average molecular weight is 486 g/mol. The van der Waals surface area contributed by atoms with Crippen molar-refractivity contribution in [2.75, 3.05) is 31.2 Å². The van der Waals surface area contributed by atoms with Crippen molar-refractivity contribution in [3.8, 4) is 0 Å². The van der Waals surface area contributed by atoms with E-state index in [1.54, 1.807) is 0 Å². The van der Waals surface area contributed by atoms with E-state index in [2.05, 4.69) is 12.2 Å². The van der Waals surface area contributed by atoms with Crippen molar-refractivity contribution in [2.45, 2.75) is 70.9 Å². The van der Waals surface area contributed by atoms with Crippen molar-refractivity contribution in [3.63, 3.8) is 0 Å². The Bertz CT molecular complexity index is 894. The monoisotopic (exact) mass is 485 g/mol. The predicted molar refractivity (Wildman–Crippen MR) is 120 cm³/mol. The van der Waals surface area contributed by atoms with Crippen molar-refractivity contribution < 1.29 is 32.3 Å². The van der Waals surface area contributed by atoms with E-state index in [-0.39, 0.29) is 17.4 Å². The minimum atomic E-state index is -3.18. The van der Waals surface area contributed by atoms with Crippen LogP contribution in [0.1, 0.15) is 59.3 Å². The molecule has 33 heavy (non-hydrogen) atoms. The van der Waals surface area contributed by atoms with E-state index >= 15 is 0 Å². The van der Waals surface area contributed by atoms with Crippen molar-refractivity contribution in [1.29, 1.82) is 0 Å². The second kappa shape index (κ2) is 9.99. The molecule has 1 saturated carbocycles. The summed E-state index contributed by atoms with van der Waals surface area (Å²) in [4.78, 5) is 52.8. The molecule has 1 unspecified atom stereocenters. The van der Waals surface area contributed by atoms with Crippen LogP contribution < -0.4 is 5.32 Å². The van der Waals surface area contributed by atoms with Crippen molar-refractivity contribution >= 4 is 33.7 Å². The summed E-state index contributed by atoms with van der Waals surface area (Å²) in [6.07, 6.45) is 4.18. The summed E-state index contributed by atoms with van der Waals surface area (Å²) >= 11 is 0. The van der Waals surface area contributed by atoms with Gasteiger partial charge in [-0.15, -0.1) is 0 Å². The zero-order valence-corrected chi connectivity index (χ0v) is 20.5. The summed E-state index contributed by atoms with van der Waals surface area (Å²) in [6.45, 7) is 5.17. The molecule has 2 saturated heterocycles. The number of urea groups is 1. The molecule has 0 radical (unpaired) electrons. The average Bonchev–Trinajstić information content (AvgIpc) is 3.22. The summed E-state index contributed by atoms with van der Waals surface area (Å²) in [5.74, 6) is -1.16. The third-order valence-electron chi connectivity index (χ3n) is 6.96. The molecule has 11 heteroatoms. The number of hydrogen-bond acceptors (Lipinski definition) is 7. The Morgan fingerprint density at radius 1 is 1.21 bits per heavy atom. The third kappa shape index (κ3) is 5.85. The van der Waals surface area contributed by atoms with Gasteiger partial charge in [0, 0.05) is 12.6 Å². The SMILES string of the molecule is CCC1CCC2(CC1)NC(=O)N(CC(=O)OCC(=O)N(CC(C)C)C1CCS(=O)(=O)C1)C2=O. The summed E-state index contributed by atoms with van der Waals surface area (Å²) in [7, 11) is -3.18. The first-order chi connectivity index (χ1) is 15.5. The number of imide groups is 1. The molecule has 3 rings (SSSR count). The highest BCUT2D eigenvalue weighted by Gasteiger charge is 2.52. The largest absolute Gasteiger partial charge is 0.454 e. The highest BCUT2D eigenvalue weighted by molar-refractivity contribution is 7.91. The van der Waals surface area contributed by atoms with Gasteiger partial charge in [0.1, 0.15) is 12.1 Å². The van der Waals surface area contributed by atoms with Crippen LogP contribution in [-0.4, -0.2) is 84.8 Å². The minimum absolute atomic E-state index is 0.0340. The van der Waals surface area contributed by atoms with Crippen LogP contribution in [0.25, 0.3) is 0 Å². The van der Waals surface area contributed by atoms with Gasteiger partial charge < -0.3 is 15.0 Å². The van der Waals surface area contributed by atoms with Crippen LogP contribution in [0.3, 0.4) is 0 Å². The standard InChI is InChI=1S/C22H35N3O7S/c1-4-16-5-8-22(9-6-16)20(28)25(21(29)23-22)12-19(27)32-13-18(26)24(11-15(2)3)17-7-10-33(30,31)14-17/h15-17H,4-14H2,1-3H3,(H,23,29). The fourth-order valence-electron chi connectivity index (χ4n) is 5.01. The quantitative estimate of drug-likeness (QED) is 0.402. The van der Waals surface area contributed by atoms with E-state index in [1.165, 1.54) is 4.90 Å². The molecule has 186 valence electrons. The van der Waals surface area contributed by atoms with E-state index in [0.29, 0.717) is 31.7 Å². The van der Waals surface area contributed by atoms with E-state index in [0.717, 1.165) is 24.2 Å². The molecule has 1 atom stereocenters. The van der Waals surface area contributed by atoms with Gasteiger partial charge in [-0.3, -0.25) is 19.3 Å². The summed E-state index contributed by atoms with van der Waals surface area (Å²) < 4.78 is 28.8. The Morgan fingerprint density at radius 2 is 1.88 bits per heavy atom. The van der Waals surface area contributed by atoms with Gasteiger partial charge in [0.25, 0.3) is 11.8 Å². The van der Waals surface area contributed by atoms with Crippen LogP contribution >= 0.6 is 0 Å². The second-order valence-electron chi connectivity index (χ2n) is 9.91. The van der Waals surface area contributed by atoms with Crippen LogP contribution in [0, 0.1) is 11.8 Å². The van der Waals surface area contributed by atoms with E-state index in [4.69, 9.17) is 4.74 Å². The van der Waals surface area contributed by atoms with Crippen molar-refractivity contribution in [3.05, 3.63) is 0 Å². The Hall–Kier alpha value is -2.17. The number of ether oxygens (including phenoxy) is 1. The van der Waals surface area contributed by atoms with Crippen molar-refractivity contribution in [1.82, 2.24) is 15.1 Å². The first-order valence-corrected chi connectivity index (χ1v) is 13.6. The molecule has 0 bridgehead atoms. The van der Waals surface area contributed by atoms with Gasteiger partial charge in [0.2, 0.25) is 0 Å². The lowest BCUT2D eigenvalue weighted by Gasteiger charge is -2.34. The highest BCUT2D eigenvalue weighted by atomic mass is 32.2. The molecule has 0 aromatic rings. The second-order valence-corrected chi connectivity index (χ2v) is 12.1. The van der Waals surface area contributed by atoms with Gasteiger partial charge in [-0.1, -0.05) is 27.2 Å². The Morgan fingerprint density at radius 3 is 2.42 bits per heavy atom. The molecule has 4 amide bonds. The molecule has 3 aliphatic rings. The van der Waals surface area contributed by atoms with Gasteiger partial charge in [-0.05, 0) is 43.9 Å². The van der Waals surface area contributed by atoms with E-state index < -0.39 is 58.4 Å². The molecular weight excluding hydrogens is 450 g/mol. The van der Waals surface area contributed by atoms with Crippen LogP contribution in [0.4, 0.5) is 4.79 Å². The van der Waals surface area contributed by atoms with Crippen LogP contribution in [-0.2, 0) is 29.0 Å². The number of nitrogens with zero attached hydrogens (tertiary/aromatic N) is 2. The van der Waals surface area contributed by atoms with Crippen LogP contribution in [0.15, 0.2) is 0 Å². The maximum absolute atomic E-state index is 12.9. The maximum Gasteiger partial charge on any atom is 0.326 e. The van der Waals surface area contributed by atoms with Gasteiger partial charge >= 0.3 is 12.0 Å². The Balaban J connectivity index is 1.55. The number of rotatable bonds is 8.